The molecule has 3 fully saturated rings. The summed E-state index contributed by atoms with van der Waals surface area (Å²) in [5.74, 6) is 2.37. The van der Waals surface area contributed by atoms with Crippen LogP contribution < -0.4 is 11.2 Å². The maximum atomic E-state index is 11.4. The largest absolute Gasteiger partial charge is 0.462 e. The minimum Gasteiger partial charge on any atom is -0.462 e. The lowest BCUT2D eigenvalue weighted by Crippen LogP contribution is -2.51. The second-order valence-electron chi connectivity index (χ2n) is 10.6. The average molecular weight is 416 g/mol. The number of fused-ring (bicyclic) bond motifs is 5. The van der Waals surface area contributed by atoms with Crippen molar-refractivity contribution in [1.82, 2.24) is 5.43 Å². The lowest BCUT2D eigenvalue weighted by atomic mass is 9.47. The number of amides is 2. The Morgan fingerprint density at radius 1 is 1.13 bits per heavy atom. The van der Waals surface area contributed by atoms with E-state index in [1.807, 2.05) is 6.92 Å². The number of nitrogens with two attached hydrogens (primary N) is 1. The van der Waals surface area contributed by atoms with Gasteiger partial charge >= 0.3 is 12.0 Å². The van der Waals surface area contributed by atoms with Gasteiger partial charge in [0.2, 0.25) is 0 Å². The van der Waals surface area contributed by atoms with Crippen LogP contribution in [0, 0.1) is 34.5 Å². The number of urea groups is 1. The van der Waals surface area contributed by atoms with E-state index in [-0.39, 0.29) is 22.9 Å². The fraction of sp³-hybridized carbons (Fsp3) is 0.792. The number of carbonyl (C=O) groups is 2. The van der Waals surface area contributed by atoms with Crippen LogP contribution in [0.5, 0.6) is 0 Å². The van der Waals surface area contributed by atoms with Gasteiger partial charge in [0.25, 0.3) is 0 Å². The van der Waals surface area contributed by atoms with E-state index in [9.17, 15) is 9.59 Å². The van der Waals surface area contributed by atoms with E-state index in [1.54, 1.807) is 0 Å². The molecule has 0 aliphatic heterocycles. The number of nitrogens with one attached hydrogen (secondary N) is 1. The molecule has 0 unspecified atom stereocenters. The summed E-state index contributed by atoms with van der Waals surface area (Å²) in [6.07, 6.45) is 11.5. The van der Waals surface area contributed by atoms with Gasteiger partial charge in [-0.1, -0.05) is 25.5 Å². The van der Waals surface area contributed by atoms with Crippen molar-refractivity contribution in [3.8, 4) is 0 Å². The van der Waals surface area contributed by atoms with Gasteiger partial charge in [-0.3, -0.25) is 4.79 Å². The Kier molecular flexibility index (Phi) is 5.48. The van der Waals surface area contributed by atoms with Gasteiger partial charge in [-0.15, -0.1) is 0 Å². The van der Waals surface area contributed by atoms with Gasteiger partial charge in [0.1, 0.15) is 6.10 Å². The number of allylic oxidation sites excluding steroid dienone is 1. The highest BCUT2D eigenvalue weighted by Crippen LogP contribution is 2.66. The van der Waals surface area contributed by atoms with Crippen LogP contribution in [0.3, 0.4) is 0 Å². The molecule has 7 atom stereocenters. The van der Waals surface area contributed by atoms with Crippen molar-refractivity contribution < 1.29 is 14.3 Å². The van der Waals surface area contributed by atoms with Gasteiger partial charge in [0.05, 0.1) is 0 Å². The molecule has 0 radical (unpaired) electrons. The molecule has 0 spiro atoms. The van der Waals surface area contributed by atoms with E-state index in [4.69, 9.17) is 10.5 Å². The van der Waals surface area contributed by atoms with E-state index in [2.05, 4.69) is 30.5 Å². The molecule has 4 rings (SSSR count). The van der Waals surface area contributed by atoms with Gasteiger partial charge in [-0.2, -0.15) is 5.10 Å². The molecule has 6 heteroatoms. The lowest BCUT2D eigenvalue weighted by molar-refractivity contribution is -0.148. The molecule has 0 aromatic carbocycles. The summed E-state index contributed by atoms with van der Waals surface area (Å²) in [5.41, 5.74) is 10.7. The van der Waals surface area contributed by atoms with Crippen molar-refractivity contribution in [3.05, 3.63) is 11.6 Å². The minimum atomic E-state index is -0.597. The van der Waals surface area contributed by atoms with Crippen molar-refractivity contribution in [1.29, 1.82) is 0 Å². The molecule has 0 bridgehead atoms. The fourth-order valence-corrected chi connectivity index (χ4v) is 7.87. The van der Waals surface area contributed by atoms with E-state index in [1.165, 1.54) is 31.8 Å². The highest BCUT2D eigenvalue weighted by molar-refractivity contribution is 5.86. The second kappa shape index (κ2) is 7.69. The number of hydrazone groups is 1. The number of carbonyl (C=O) groups excluding carboxylic acids is 2. The first-order chi connectivity index (χ1) is 14.1. The first-order valence-corrected chi connectivity index (χ1v) is 11.6. The van der Waals surface area contributed by atoms with Crippen LogP contribution in [-0.2, 0) is 9.53 Å². The lowest BCUT2D eigenvalue weighted by Gasteiger charge is -2.58. The van der Waals surface area contributed by atoms with E-state index < -0.39 is 6.03 Å². The number of nitrogens with zero attached hydrogens (tertiary/aromatic N) is 1. The van der Waals surface area contributed by atoms with Crippen LogP contribution in [0.15, 0.2) is 16.8 Å². The highest BCUT2D eigenvalue weighted by Gasteiger charge is 2.59. The molecule has 0 saturated heterocycles. The summed E-state index contributed by atoms with van der Waals surface area (Å²) in [6, 6.07) is -0.597. The van der Waals surface area contributed by atoms with Crippen LogP contribution in [0.1, 0.15) is 79.1 Å². The summed E-state index contributed by atoms with van der Waals surface area (Å²) in [7, 11) is 0. The molecule has 4 aliphatic rings. The zero-order valence-electron chi connectivity index (χ0n) is 18.9. The predicted octanol–water partition coefficient (Wildman–Crippen LogP) is 4.54. The number of ether oxygens (including phenoxy) is 1. The smallest absolute Gasteiger partial charge is 0.332 e. The zero-order chi connectivity index (χ0) is 21.7. The van der Waals surface area contributed by atoms with Crippen LogP contribution in [0.4, 0.5) is 4.79 Å². The van der Waals surface area contributed by atoms with Crippen molar-refractivity contribution in [2.75, 3.05) is 0 Å². The molecule has 2 amide bonds. The highest BCUT2D eigenvalue weighted by atomic mass is 16.5. The molecule has 0 aromatic rings. The number of hydrogen-bond donors (Lipinski definition) is 2. The Morgan fingerprint density at radius 3 is 2.60 bits per heavy atom. The standard InChI is InChI=1S/C24H37N3O3/c1-14(26-27-22(25)29)19-7-8-20-18-6-5-16-13-17(30-15(2)28)9-11-23(16,3)21(18)10-12-24(19,20)4/h5,17-21H,6-13H2,1-4H3,(H3,25,27,29)/b26-14+/t17-,18+,19-,20-,21+,23-,24+/m0/s1. The molecular formula is C24H37N3O3. The summed E-state index contributed by atoms with van der Waals surface area (Å²) in [6.45, 7) is 8.48. The second-order valence-corrected chi connectivity index (χ2v) is 10.6. The van der Waals surface area contributed by atoms with E-state index in [0.717, 1.165) is 37.8 Å². The van der Waals surface area contributed by atoms with Crippen molar-refractivity contribution in [2.24, 2.45) is 45.3 Å². The SMILES string of the molecule is CC(=O)O[C@H]1CC[C@@]2(C)C(=CC[C@H]3[C@H]2CC[C@]2(C)[C@H](/C(C)=N/NC(N)=O)CC[C@@H]32)C1. The number of primary amides is 1. The van der Waals surface area contributed by atoms with Crippen LogP contribution in [-0.4, -0.2) is 23.8 Å². The molecular weight excluding hydrogens is 378 g/mol. The van der Waals surface area contributed by atoms with Gasteiger partial charge in [0, 0.05) is 25.0 Å². The Bertz CT molecular complexity index is 791. The third-order valence-corrected chi connectivity index (χ3v) is 9.24. The predicted molar refractivity (Wildman–Crippen MR) is 117 cm³/mol. The number of hydrogen-bond acceptors (Lipinski definition) is 4. The maximum Gasteiger partial charge on any atom is 0.332 e. The zero-order valence-corrected chi connectivity index (χ0v) is 18.9. The Balaban J connectivity index is 1.54. The van der Waals surface area contributed by atoms with Crippen LogP contribution in [0.25, 0.3) is 0 Å². The van der Waals surface area contributed by atoms with Crippen molar-refractivity contribution in [2.45, 2.75) is 85.2 Å². The molecule has 4 aliphatic carbocycles. The molecule has 6 nitrogen and oxygen atoms in total. The van der Waals surface area contributed by atoms with Crippen LogP contribution >= 0.6 is 0 Å². The third kappa shape index (κ3) is 3.46. The maximum absolute atomic E-state index is 11.4. The van der Waals surface area contributed by atoms with Crippen LogP contribution in [0.2, 0.25) is 0 Å². The molecule has 0 aromatic heterocycles. The monoisotopic (exact) mass is 415 g/mol. The third-order valence-electron chi connectivity index (χ3n) is 9.24. The quantitative estimate of drug-likeness (QED) is 0.307. The summed E-state index contributed by atoms with van der Waals surface area (Å²) in [5, 5.41) is 4.30. The summed E-state index contributed by atoms with van der Waals surface area (Å²) in [4.78, 5) is 22.5. The van der Waals surface area contributed by atoms with Gasteiger partial charge < -0.3 is 10.5 Å². The Hall–Kier alpha value is -1.85. The fourth-order valence-electron chi connectivity index (χ4n) is 7.87. The molecule has 30 heavy (non-hydrogen) atoms. The Morgan fingerprint density at radius 2 is 1.90 bits per heavy atom. The molecule has 166 valence electrons. The summed E-state index contributed by atoms with van der Waals surface area (Å²) < 4.78 is 5.56. The number of esters is 1. The van der Waals surface area contributed by atoms with Gasteiger partial charge in [-0.05, 0) is 80.5 Å². The molecule has 0 heterocycles. The normalized spacial score (nSPS) is 43.0. The van der Waals surface area contributed by atoms with E-state index >= 15 is 0 Å². The van der Waals surface area contributed by atoms with E-state index in [0.29, 0.717) is 23.7 Å². The number of rotatable bonds is 3. The Labute approximate surface area is 180 Å². The topological polar surface area (TPSA) is 93.8 Å². The summed E-state index contributed by atoms with van der Waals surface area (Å²) >= 11 is 0. The van der Waals surface area contributed by atoms with Crippen molar-refractivity contribution >= 4 is 17.7 Å². The van der Waals surface area contributed by atoms with Gasteiger partial charge in [-0.25, -0.2) is 10.2 Å². The minimum absolute atomic E-state index is 0.0553. The molecule has 3 saturated carbocycles. The van der Waals surface area contributed by atoms with Gasteiger partial charge in [0.15, 0.2) is 0 Å². The first kappa shape index (κ1) is 21.4. The van der Waals surface area contributed by atoms with Crippen molar-refractivity contribution in [3.63, 3.8) is 0 Å². The average Bonchev–Trinajstić information content (AvgIpc) is 3.03. The first-order valence-electron chi connectivity index (χ1n) is 11.6. The molecule has 3 N–H and O–H groups in total.